The van der Waals surface area contributed by atoms with E-state index in [1.807, 2.05) is 18.7 Å². The number of aliphatic carboxylic acids is 1. The van der Waals surface area contributed by atoms with Crippen molar-refractivity contribution in [3.63, 3.8) is 0 Å². The zero-order valence-corrected chi connectivity index (χ0v) is 26.3. The van der Waals surface area contributed by atoms with Gasteiger partial charge in [0.25, 0.3) is 17.7 Å². The van der Waals surface area contributed by atoms with Crippen LogP contribution in [0.3, 0.4) is 0 Å². The molecule has 3 amide bonds. The van der Waals surface area contributed by atoms with E-state index in [1.165, 1.54) is 7.11 Å². The minimum Gasteiger partial charge on any atom is -0.497 e. The van der Waals surface area contributed by atoms with Gasteiger partial charge in [-0.25, -0.2) is 9.78 Å². The molecule has 0 atom stereocenters. The zero-order chi connectivity index (χ0) is 34.9. The van der Waals surface area contributed by atoms with Gasteiger partial charge < -0.3 is 44.4 Å². The Morgan fingerprint density at radius 2 is 1.45 bits per heavy atom. The highest BCUT2D eigenvalue weighted by atomic mass is 19.4. The van der Waals surface area contributed by atoms with Gasteiger partial charge in [-0.1, -0.05) is 6.07 Å². The number of anilines is 3. The molecule has 4 N–H and O–H groups in total. The first-order chi connectivity index (χ1) is 22.1. The van der Waals surface area contributed by atoms with E-state index in [0.29, 0.717) is 39.9 Å². The van der Waals surface area contributed by atoms with Gasteiger partial charge in [0.1, 0.15) is 17.1 Å². The summed E-state index contributed by atoms with van der Waals surface area (Å²) >= 11 is 0. The number of alkyl halides is 3. The number of ether oxygens (including phenoxy) is 1. The molecular formula is C30H35F3N8O6. The summed E-state index contributed by atoms with van der Waals surface area (Å²) in [4.78, 5) is 53.8. The van der Waals surface area contributed by atoms with Crippen molar-refractivity contribution in [1.29, 1.82) is 0 Å². The summed E-state index contributed by atoms with van der Waals surface area (Å²) < 4.78 is 42.1. The normalized spacial score (nSPS) is 11.0. The van der Waals surface area contributed by atoms with Crippen molar-refractivity contribution in [3.8, 4) is 5.75 Å². The van der Waals surface area contributed by atoms with Gasteiger partial charge in [-0.05, 0) is 57.4 Å². The third-order valence-corrected chi connectivity index (χ3v) is 6.46. The molecule has 0 bridgehead atoms. The van der Waals surface area contributed by atoms with Crippen LogP contribution in [0.2, 0.25) is 0 Å². The van der Waals surface area contributed by atoms with E-state index in [9.17, 15) is 27.6 Å². The van der Waals surface area contributed by atoms with Gasteiger partial charge in [-0.15, -0.1) is 0 Å². The van der Waals surface area contributed by atoms with E-state index in [0.717, 1.165) is 19.5 Å². The third-order valence-electron chi connectivity index (χ3n) is 6.46. The van der Waals surface area contributed by atoms with Crippen LogP contribution < -0.4 is 20.7 Å². The van der Waals surface area contributed by atoms with Crippen LogP contribution in [0.4, 0.5) is 30.4 Å². The minimum atomic E-state index is -5.08. The van der Waals surface area contributed by atoms with Gasteiger partial charge in [0.15, 0.2) is 5.82 Å². The lowest BCUT2D eigenvalue weighted by Crippen LogP contribution is -2.21. The number of aromatic nitrogens is 4. The molecule has 0 saturated heterocycles. The Kier molecular flexibility index (Phi) is 11.9. The molecule has 0 unspecified atom stereocenters. The number of amides is 3. The predicted molar refractivity (Wildman–Crippen MR) is 167 cm³/mol. The average Bonchev–Trinajstić information content (AvgIpc) is 3.70. The van der Waals surface area contributed by atoms with Crippen LogP contribution in [0.15, 0.2) is 61.3 Å². The van der Waals surface area contributed by atoms with Crippen LogP contribution in [0.1, 0.15) is 37.8 Å². The lowest BCUT2D eigenvalue weighted by Gasteiger charge is -2.08. The fraction of sp³-hybridized carbons (Fsp3) is 0.300. The number of carboxylic acids is 1. The number of rotatable bonds is 11. The molecular weight excluding hydrogens is 625 g/mol. The molecule has 0 aliphatic rings. The molecule has 0 fully saturated rings. The number of aryl methyl sites for hydroxylation is 3. The topological polar surface area (TPSA) is 165 Å². The van der Waals surface area contributed by atoms with Crippen molar-refractivity contribution < 1.29 is 42.2 Å². The zero-order valence-electron chi connectivity index (χ0n) is 26.3. The molecule has 3 aromatic heterocycles. The van der Waals surface area contributed by atoms with Gasteiger partial charge in [0.2, 0.25) is 0 Å². The summed E-state index contributed by atoms with van der Waals surface area (Å²) in [6, 6.07) is 9.96. The molecule has 0 aliphatic heterocycles. The lowest BCUT2D eigenvalue weighted by molar-refractivity contribution is -0.192. The number of carbonyl (C=O) groups excluding carboxylic acids is 3. The molecule has 0 radical (unpaired) electrons. The summed E-state index contributed by atoms with van der Waals surface area (Å²) in [6.45, 7) is 1.76. The molecule has 14 nitrogen and oxygen atoms in total. The van der Waals surface area contributed by atoms with Gasteiger partial charge in [-0.3, -0.25) is 14.4 Å². The number of carboxylic acid groups (broad SMARTS) is 1. The molecule has 47 heavy (non-hydrogen) atoms. The largest absolute Gasteiger partial charge is 0.497 e. The van der Waals surface area contributed by atoms with Crippen LogP contribution >= 0.6 is 0 Å². The first-order valence-electron chi connectivity index (χ1n) is 13.9. The van der Waals surface area contributed by atoms with E-state index in [4.69, 9.17) is 14.6 Å². The van der Waals surface area contributed by atoms with Crippen LogP contribution in [-0.2, 0) is 25.4 Å². The summed E-state index contributed by atoms with van der Waals surface area (Å²) in [7, 11) is 9.01. The van der Waals surface area contributed by atoms with E-state index >= 15 is 0 Å². The second-order valence-electron chi connectivity index (χ2n) is 10.5. The number of nitrogens with one attached hydrogen (secondary N) is 3. The van der Waals surface area contributed by atoms with Crippen molar-refractivity contribution in [1.82, 2.24) is 23.6 Å². The maximum absolute atomic E-state index is 13.0. The average molecular weight is 661 g/mol. The predicted octanol–water partition coefficient (Wildman–Crippen LogP) is 3.91. The highest BCUT2D eigenvalue weighted by Gasteiger charge is 2.38. The number of carbonyl (C=O) groups is 4. The van der Waals surface area contributed by atoms with Crippen LogP contribution in [0.5, 0.6) is 5.75 Å². The Balaban J connectivity index is 0.000000771. The molecule has 0 saturated carbocycles. The molecule has 4 aromatic rings. The maximum atomic E-state index is 13.0. The number of nitrogens with zero attached hydrogens (tertiary/aromatic N) is 5. The van der Waals surface area contributed by atoms with E-state index in [1.54, 1.807) is 84.5 Å². The quantitative estimate of drug-likeness (QED) is 0.188. The minimum absolute atomic E-state index is 0.325. The smallest absolute Gasteiger partial charge is 0.490 e. The SMILES string of the molecule is COc1cccc(C(=O)Nc2cc(C(=O)Nc3cc(C(=O)Nc4cn(CCCN(C)C)cn4)n(C)c3)n(C)c2)c1.O=C(O)C(F)(F)F. The number of halogens is 3. The van der Waals surface area contributed by atoms with Crippen molar-refractivity contribution in [2.24, 2.45) is 14.1 Å². The molecule has 17 heteroatoms. The number of imidazole rings is 1. The Morgan fingerprint density at radius 3 is 1.98 bits per heavy atom. The number of hydrogen-bond donors (Lipinski definition) is 4. The van der Waals surface area contributed by atoms with Crippen LogP contribution in [-0.4, -0.2) is 86.3 Å². The third kappa shape index (κ3) is 10.5. The van der Waals surface area contributed by atoms with Gasteiger partial charge in [-0.2, -0.15) is 13.2 Å². The summed E-state index contributed by atoms with van der Waals surface area (Å²) in [6.07, 6.45) is 2.67. The van der Waals surface area contributed by atoms with Crippen molar-refractivity contribution in [3.05, 3.63) is 78.3 Å². The maximum Gasteiger partial charge on any atom is 0.490 e. The highest BCUT2D eigenvalue weighted by molar-refractivity contribution is 6.08. The van der Waals surface area contributed by atoms with E-state index < -0.39 is 18.1 Å². The second kappa shape index (κ2) is 15.6. The molecule has 0 aliphatic carbocycles. The number of benzene rings is 1. The van der Waals surface area contributed by atoms with Gasteiger partial charge in [0, 0.05) is 44.8 Å². The van der Waals surface area contributed by atoms with E-state index in [-0.39, 0.29) is 11.8 Å². The van der Waals surface area contributed by atoms with Gasteiger partial charge in [0.05, 0.1) is 24.8 Å². The van der Waals surface area contributed by atoms with Crippen LogP contribution in [0.25, 0.3) is 0 Å². The molecule has 252 valence electrons. The fourth-order valence-electron chi connectivity index (χ4n) is 4.18. The summed E-state index contributed by atoms with van der Waals surface area (Å²) in [5.74, 6) is -2.79. The Morgan fingerprint density at radius 1 is 0.894 bits per heavy atom. The summed E-state index contributed by atoms with van der Waals surface area (Å²) in [5.41, 5.74) is 2.04. The van der Waals surface area contributed by atoms with Crippen molar-refractivity contribution in [2.75, 3.05) is 43.7 Å². The van der Waals surface area contributed by atoms with Gasteiger partial charge >= 0.3 is 12.1 Å². The molecule has 3 heterocycles. The second-order valence-corrected chi connectivity index (χ2v) is 10.5. The summed E-state index contributed by atoms with van der Waals surface area (Å²) in [5, 5.41) is 15.5. The van der Waals surface area contributed by atoms with Crippen LogP contribution in [0, 0.1) is 0 Å². The number of hydrogen-bond acceptors (Lipinski definition) is 7. The van der Waals surface area contributed by atoms with Crippen molar-refractivity contribution in [2.45, 2.75) is 19.1 Å². The van der Waals surface area contributed by atoms with Crippen molar-refractivity contribution >= 4 is 40.9 Å². The standard InChI is InChI=1S/C28H34N8O4.C2HF3O2/c1-33(2)10-7-11-36-17-25(29-18-36)32-28(39)24-14-21(16-35(24)4)31-27(38)23-13-20(15-34(23)3)30-26(37)19-8-6-9-22(12-19)40-5;3-2(4,5)1(6)7/h6,8-9,12-18H,7,10-11H2,1-5H3,(H,30,37)(H,31,38)(H,32,39);(H,6,7). The molecule has 4 rings (SSSR count). The Hall–Kier alpha value is -5.58. The lowest BCUT2D eigenvalue weighted by atomic mass is 10.2. The highest BCUT2D eigenvalue weighted by Crippen LogP contribution is 2.20. The first kappa shape index (κ1) is 35.9. The molecule has 1 aromatic carbocycles. The van der Waals surface area contributed by atoms with E-state index in [2.05, 4.69) is 25.8 Å². The molecule has 0 spiro atoms. The Bertz CT molecular complexity index is 1720. The Labute approximate surface area is 267 Å². The first-order valence-corrected chi connectivity index (χ1v) is 13.9. The monoisotopic (exact) mass is 660 g/mol. The fourth-order valence-corrected chi connectivity index (χ4v) is 4.18. The number of methoxy groups -OCH3 is 1.